The molecule has 0 spiro atoms. The minimum atomic E-state index is -2.84. The zero-order valence-electron chi connectivity index (χ0n) is 13.3. The summed E-state index contributed by atoms with van der Waals surface area (Å²) >= 11 is 0. The number of aliphatic carboxylic acids is 3. The second-order valence-electron chi connectivity index (χ2n) is 5.41. The molecule has 0 aromatic heterocycles. The monoisotopic (exact) mass is 353 g/mol. The molecule has 9 heteroatoms. The Morgan fingerprint density at radius 2 is 1.40 bits per heavy atom. The van der Waals surface area contributed by atoms with E-state index in [1.54, 1.807) is 18.2 Å². The van der Waals surface area contributed by atoms with Crippen LogP contribution in [0.5, 0.6) is 0 Å². The molecule has 0 amide bonds. The van der Waals surface area contributed by atoms with Crippen LogP contribution in [-0.4, -0.2) is 50.8 Å². The lowest BCUT2D eigenvalue weighted by atomic mass is 9.82. The molecule has 25 heavy (non-hydrogen) atoms. The molecule has 0 saturated carbocycles. The van der Waals surface area contributed by atoms with Gasteiger partial charge in [0.15, 0.2) is 0 Å². The van der Waals surface area contributed by atoms with Gasteiger partial charge in [-0.25, -0.2) is 4.79 Å². The number of rotatable bonds is 11. The van der Waals surface area contributed by atoms with E-state index in [9.17, 15) is 19.2 Å². The van der Waals surface area contributed by atoms with Crippen LogP contribution in [0.4, 0.5) is 5.69 Å². The Hall–Kier alpha value is -3.10. The van der Waals surface area contributed by atoms with Crippen LogP contribution in [0.25, 0.3) is 0 Å². The van der Waals surface area contributed by atoms with E-state index in [-0.39, 0.29) is 12.0 Å². The standard InChI is InChI=1S/C16H19NO8/c18-12(19)10-6-2-3-7-11(10)17-9-5-1-4-8-16(13(20)21,14(22)23)15(24)25/h2-3,6-7,17H,1,4-5,8-9H2,(H,18,19)(H,20,21)(H,22,23)(H,24,25). The number of aromatic carboxylic acids is 1. The third kappa shape index (κ3) is 4.69. The lowest BCUT2D eigenvalue weighted by Gasteiger charge is -2.19. The van der Waals surface area contributed by atoms with E-state index in [0.717, 1.165) is 0 Å². The Morgan fingerprint density at radius 3 is 1.92 bits per heavy atom. The van der Waals surface area contributed by atoms with Crippen LogP contribution in [0.15, 0.2) is 24.3 Å². The summed E-state index contributed by atoms with van der Waals surface area (Å²) < 4.78 is 0. The Bertz CT molecular complexity index is 634. The van der Waals surface area contributed by atoms with E-state index >= 15 is 0 Å². The second-order valence-corrected chi connectivity index (χ2v) is 5.41. The fourth-order valence-corrected chi connectivity index (χ4v) is 2.33. The quantitative estimate of drug-likeness (QED) is 0.294. The molecule has 136 valence electrons. The predicted molar refractivity (Wildman–Crippen MR) is 85.7 cm³/mol. The molecule has 1 aromatic rings. The molecule has 0 saturated heterocycles. The Morgan fingerprint density at radius 1 is 0.840 bits per heavy atom. The van der Waals surface area contributed by atoms with Gasteiger partial charge < -0.3 is 25.7 Å². The van der Waals surface area contributed by atoms with Gasteiger partial charge in [-0.1, -0.05) is 25.0 Å². The first-order valence-electron chi connectivity index (χ1n) is 7.50. The van der Waals surface area contributed by atoms with Crippen LogP contribution in [0.2, 0.25) is 0 Å². The maximum atomic E-state index is 11.1. The lowest BCUT2D eigenvalue weighted by molar-refractivity contribution is -0.176. The number of para-hydroxylation sites is 1. The molecule has 0 fully saturated rings. The normalized spacial score (nSPS) is 10.9. The minimum absolute atomic E-state index is 0.0904. The number of carbonyl (C=O) groups is 4. The topological polar surface area (TPSA) is 161 Å². The number of hydrogen-bond acceptors (Lipinski definition) is 5. The zero-order chi connectivity index (χ0) is 19.0. The smallest absolute Gasteiger partial charge is 0.337 e. The maximum absolute atomic E-state index is 11.1. The van der Waals surface area contributed by atoms with E-state index < -0.39 is 35.7 Å². The number of anilines is 1. The van der Waals surface area contributed by atoms with Gasteiger partial charge in [0.25, 0.3) is 5.41 Å². The molecule has 1 rings (SSSR count). The molecule has 0 radical (unpaired) electrons. The van der Waals surface area contributed by atoms with Gasteiger partial charge >= 0.3 is 23.9 Å². The van der Waals surface area contributed by atoms with E-state index in [4.69, 9.17) is 20.4 Å². The highest BCUT2D eigenvalue weighted by Crippen LogP contribution is 2.27. The van der Waals surface area contributed by atoms with Crippen molar-refractivity contribution in [1.82, 2.24) is 0 Å². The van der Waals surface area contributed by atoms with Gasteiger partial charge in [-0.05, 0) is 25.0 Å². The average molecular weight is 353 g/mol. The first-order chi connectivity index (χ1) is 11.7. The van der Waals surface area contributed by atoms with Crippen molar-refractivity contribution >= 4 is 29.6 Å². The second kappa shape index (κ2) is 8.67. The molecule has 0 bridgehead atoms. The van der Waals surface area contributed by atoms with Crippen molar-refractivity contribution in [3.63, 3.8) is 0 Å². The number of hydrogen-bond donors (Lipinski definition) is 5. The summed E-state index contributed by atoms with van der Waals surface area (Å²) in [6, 6.07) is 6.33. The fourth-order valence-electron chi connectivity index (χ4n) is 2.33. The molecular weight excluding hydrogens is 334 g/mol. The zero-order valence-corrected chi connectivity index (χ0v) is 13.3. The molecule has 9 nitrogen and oxygen atoms in total. The highest BCUT2D eigenvalue weighted by molar-refractivity contribution is 6.16. The third-order valence-corrected chi connectivity index (χ3v) is 3.80. The molecule has 0 aliphatic carbocycles. The molecular formula is C16H19NO8. The van der Waals surface area contributed by atoms with Crippen molar-refractivity contribution in [2.45, 2.75) is 25.7 Å². The van der Waals surface area contributed by atoms with Crippen molar-refractivity contribution < 1.29 is 39.6 Å². The predicted octanol–water partition coefficient (Wildman–Crippen LogP) is 1.60. The largest absolute Gasteiger partial charge is 0.480 e. The first kappa shape index (κ1) is 19.9. The average Bonchev–Trinajstić information content (AvgIpc) is 2.53. The van der Waals surface area contributed by atoms with E-state index in [0.29, 0.717) is 25.1 Å². The van der Waals surface area contributed by atoms with Crippen molar-refractivity contribution in [3.8, 4) is 0 Å². The minimum Gasteiger partial charge on any atom is -0.480 e. The van der Waals surface area contributed by atoms with Crippen LogP contribution >= 0.6 is 0 Å². The van der Waals surface area contributed by atoms with Crippen LogP contribution in [0, 0.1) is 5.41 Å². The summed E-state index contributed by atoms with van der Waals surface area (Å²) in [4.78, 5) is 44.3. The highest BCUT2D eigenvalue weighted by Gasteiger charge is 2.53. The van der Waals surface area contributed by atoms with E-state index in [1.807, 2.05) is 0 Å². The van der Waals surface area contributed by atoms with E-state index in [2.05, 4.69) is 5.32 Å². The Kier molecular flexibility index (Phi) is 6.92. The van der Waals surface area contributed by atoms with Crippen LogP contribution in [-0.2, 0) is 14.4 Å². The molecule has 0 atom stereocenters. The lowest BCUT2D eigenvalue weighted by Crippen LogP contribution is -2.46. The Labute approximate surface area is 142 Å². The van der Waals surface area contributed by atoms with Gasteiger partial charge in [-0.2, -0.15) is 0 Å². The van der Waals surface area contributed by atoms with Crippen LogP contribution in [0.3, 0.4) is 0 Å². The van der Waals surface area contributed by atoms with Gasteiger partial charge in [-0.3, -0.25) is 14.4 Å². The van der Waals surface area contributed by atoms with Crippen molar-refractivity contribution in [3.05, 3.63) is 29.8 Å². The third-order valence-electron chi connectivity index (χ3n) is 3.80. The summed E-state index contributed by atoms with van der Waals surface area (Å²) in [5, 5.41) is 38.9. The van der Waals surface area contributed by atoms with Crippen molar-refractivity contribution in [1.29, 1.82) is 0 Å². The number of nitrogens with one attached hydrogen (secondary N) is 1. The number of benzene rings is 1. The van der Waals surface area contributed by atoms with Crippen molar-refractivity contribution in [2.24, 2.45) is 5.41 Å². The van der Waals surface area contributed by atoms with E-state index in [1.165, 1.54) is 6.07 Å². The molecule has 0 aliphatic rings. The van der Waals surface area contributed by atoms with Gasteiger partial charge in [0, 0.05) is 12.2 Å². The summed E-state index contributed by atoms with van der Waals surface area (Å²) in [5.74, 6) is -6.78. The van der Waals surface area contributed by atoms with Crippen LogP contribution in [0.1, 0.15) is 36.0 Å². The van der Waals surface area contributed by atoms with Crippen LogP contribution < -0.4 is 5.32 Å². The summed E-state index contributed by atoms with van der Waals surface area (Å²) in [6.45, 7) is 0.379. The number of carboxylic acid groups (broad SMARTS) is 4. The summed E-state index contributed by atoms with van der Waals surface area (Å²) in [7, 11) is 0. The van der Waals surface area contributed by atoms with Gasteiger partial charge in [0.2, 0.25) is 0 Å². The van der Waals surface area contributed by atoms with Crippen molar-refractivity contribution in [2.75, 3.05) is 11.9 Å². The Balaban J connectivity index is 2.51. The molecule has 5 N–H and O–H groups in total. The van der Waals surface area contributed by atoms with Gasteiger partial charge in [0.1, 0.15) is 0 Å². The molecule has 0 aliphatic heterocycles. The number of carboxylic acids is 4. The fraction of sp³-hybridized carbons (Fsp3) is 0.375. The number of unbranched alkanes of at least 4 members (excludes halogenated alkanes) is 2. The van der Waals surface area contributed by atoms with Gasteiger partial charge in [-0.15, -0.1) is 0 Å². The van der Waals surface area contributed by atoms with Gasteiger partial charge in [0.05, 0.1) is 5.56 Å². The summed E-state index contributed by atoms with van der Waals surface area (Å²) in [5.41, 5.74) is -2.29. The maximum Gasteiger partial charge on any atom is 0.337 e. The highest BCUT2D eigenvalue weighted by atomic mass is 16.4. The SMILES string of the molecule is O=C(O)c1ccccc1NCCCCCC(C(=O)O)(C(=O)O)C(=O)O. The molecule has 0 heterocycles. The molecule has 1 aromatic carbocycles. The summed E-state index contributed by atoms with van der Waals surface area (Å²) in [6.07, 6.45) is 0.437. The first-order valence-corrected chi connectivity index (χ1v) is 7.50. The molecule has 0 unspecified atom stereocenters.